The van der Waals surface area contributed by atoms with Crippen LogP contribution >= 0.6 is 0 Å². The van der Waals surface area contributed by atoms with Gasteiger partial charge in [0.05, 0.1) is 40.5 Å². The van der Waals surface area contributed by atoms with Crippen molar-refractivity contribution in [1.82, 2.24) is 40.0 Å². The fourth-order valence-corrected chi connectivity index (χ4v) is 4.46. The molecule has 0 bridgehead atoms. The molecule has 0 aliphatic carbocycles. The Kier molecular flexibility index (Phi) is 6.56. The standard InChI is InChI=1S/C29H28FN9O/c1-38(2)7-8-40-21-11-17(9-19(30)12-21)26-28-23(5-6-32-26)34-29(35-28)27-22-13-24(33-16-25(22)36-37-27)18-10-20(39(3)4)15-31-14-18/h5-6,9-16H,7-8H2,1-4H3,(H,34,35)(H,36,37). The minimum absolute atomic E-state index is 0.405. The molecule has 6 aromatic rings. The van der Waals surface area contributed by atoms with Crippen molar-refractivity contribution >= 4 is 27.6 Å². The minimum Gasteiger partial charge on any atom is -0.492 e. The molecule has 0 amide bonds. The van der Waals surface area contributed by atoms with Crippen molar-refractivity contribution in [3.63, 3.8) is 0 Å². The summed E-state index contributed by atoms with van der Waals surface area (Å²) < 4.78 is 20.4. The van der Waals surface area contributed by atoms with Crippen LogP contribution in [0.15, 0.2) is 61.2 Å². The molecule has 10 nitrogen and oxygen atoms in total. The Morgan fingerprint density at radius 2 is 1.77 bits per heavy atom. The zero-order valence-electron chi connectivity index (χ0n) is 22.6. The van der Waals surface area contributed by atoms with E-state index < -0.39 is 5.82 Å². The predicted molar refractivity (Wildman–Crippen MR) is 154 cm³/mol. The first-order valence-electron chi connectivity index (χ1n) is 12.8. The van der Waals surface area contributed by atoms with E-state index in [-0.39, 0.29) is 0 Å². The van der Waals surface area contributed by atoms with Gasteiger partial charge in [0.15, 0.2) is 5.82 Å². The van der Waals surface area contributed by atoms with Gasteiger partial charge in [-0.3, -0.25) is 20.1 Å². The van der Waals surface area contributed by atoms with Crippen molar-refractivity contribution < 1.29 is 9.13 Å². The van der Waals surface area contributed by atoms with Gasteiger partial charge < -0.3 is 19.5 Å². The summed E-state index contributed by atoms with van der Waals surface area (Å²) in [6.07, 6.45) is 7.02. The maximum atomic E-state index is 14.6. The topological polar surface area (TPSA) is 112 Å². The summed E-state index contributed by atoms with van der Waals surface area (Å²) >= 11 is 0. The average molecular weight is 538 g/mol. The number of halogens is 1. The molecule has 6 rings (SSSR count). The molecular formula is C29H28FN9O. The monoisotopic (exact) mass is 537 g/mol. The van der Waals surface area contributed by atoms with Gasteiger partial charge in [0.2, 0.25) is 0 Å². The summed E-state index contributed by atoms with van der Waals surface area (Å²) in [6.45, 7) is 1.16. The number of pyridine rings is 3. The molecule has 0 atom stereocenters. The summed E-state index contributed by atoms with van der Waals surface area (Å²) in [7, 11) is 7.86. The molecule has 0 fully saturated rings. The number of nitrogens with one attached hydrogen (secondary N) is 2. The molecule has 0 radical (unpaired) electrons. The minimum atomic E-state index is -0.405. The number of imidazole rings is 1. The quantitative estimate of drug-likeness (QED) is 0.286. The maximum absolute atomic E-state index is 14.6. The smallest absolute Gasteiger partial charge is 0.159 e. The number of anilines is 1. The summed E-state index contributed by atoms with van der Waals surface area (Å²) in [5.74, 6) is 0.599. The van der Waals surface area contributed by atoms with E-state index in [4.69, 9.17) is 9.72 Å². The van der Waals surface area contributed by atoms with E-state index >= 15 is 0 Å². The molecule has 11 heteroatoms. The van der Waals surface area contributed by atoms with Crippen LogP contribution in [0.4, 0.5) is 10.1 Å². The van der Waals surface area contributed by atoms with Gasteiger partial charge in [-0.1, -0.05) is 0 Å². The molecule has 2 N–H and O–H groups in total. The number of nitrogens with zero attached hydrogens (tertiary/aromatic N) is 7. The molecule has 0 saturated carbocycles. The lowest BCUT2D eigenvalue weighted by atomic mass is 10.1. The Balaban J connectivity index is 1.39. The molecule has 202 valence electrons. The van der Waals surface area contributed by atoms with E-state index in [0.29, 0.717) is 40.6 Å². The third kappa shape index (κ3) is 4.94. The van der Waals surface area contributed by atoms with Crippen molar-refractivity contribution in [2.45, 2.75) is 0 Å². The van der Waals surface area contributed by atoms with E-state index in [1.807, 2.05) is 62.4 Å². The SMILES string of the molecule is CN(C)CCOc1cc(F)cc(-c2nccc3[nH]c(-c4n[nH]c5cnc(-c6cncc(N(C)C)c6)cc45)nc23)c1. The average Bonchev–Trinajstić information content (AvgIpc) is 3.56. The number of benzene rings is 1. The second-order valence-corrected chi connectivity index (χ2v) is 9.98. The van der Waals surface area contributed by atoms with Gasteiger partial charge in [-0.15, -0.1) is 0 Å². The first-order valence-corrected chi connectivity index (χ1v) is 12.8. The molecule has 0 aliphatic heterocycles. The van der Waals surface area contributed by atoms with Crippen LogP contribution in [0.3, 0.4) is 0 Å². The number of H-pyrrole nitrogens is 2. The van der Waals surface area contributed by atoms with Gasteiger partial charge in [0, 0.05) is 55.6 Å². The Labute approximate surface area is 229 Å². The van der Waals surface area contributed by atoms with Crippen LogP contribution < -0.4 is 9.64 Å². The highest BCUT2D eigenvalue weighted by atomic mass is 19.1. The highest BCUT2D eigenvalue weighted by Crippen LogP contribution is 2.33. The van der Waals surface area contributed by atoms with E-state index in [0.717, 1.165) is 39.9 Å². The van der Waals surface area contributed by atoms with Crippen LogP contribution in [0.25, 0.3) is 56.0 Å². The lowest BCUT2D eigenvalue weighted by molar-refractivity contribution is 0.260. The number of ether oxygens (including phenoxy) is 1. The summed E-state index contributed by atoms with van der Waals surface area (Å²) in [5.41, 5.74) is 6.55. The summed E-state index contributed by atoms with van der Waals surface area (Å²) in [4.78, 5) is 25.7. The van der Waals surface area contributed by atoms with Gasteiger partial charge in [0.25, 0.3) is 0 Å². The van der Waals surface area contributed by atoms with Crippen LogP contribution in [0.5, 0.6) is 5.75 Å². The number of aromatic amines is 2. The van der Waals surface area contributed by atoms with Crippen molar-refractivity contribution in [2.24, 2.45) is 0 Å². The Morgan fingerprint density at radius 3 is 2.60 bits per heavy atom. The van der Waals surface area contributed by atoms with Crippen LogP contribution in [0.2, 0.25) is 0 Å². The highest BCUT2D eigenvalue weighted by Gasteiger charge is 2.18. The Bertz CT molecular complexity index is 1830. The number of aromatic nitrogens is 7. The molecule has 0 spiro atoms. The second-order valence-electron chi connectivity index (χ2n) is 9.98. The normalized spacial score (nSPS) is 11.6. The Hall–Kier alpha value is -4.90. The molecule has 5 heterocycles. The van der Waals surface area contributed by atoms with Crippen molar-refractivity contribution in [1.29, 1.82) is 0 Å². The van der Waals surface area contributed by atoms with E-state index in [2.05, 4.69) is 30.1 Å². The molecule has 0 unspecified atom stereocenters. The fraction of sp³-hybridized carbons (Fsp3) is 0.207. The van der Waals surface area contributed by atoms with Crippen molar-refractivity contribution in [2.75, 3.05) is 46.2 Å². The van der Waals surface area contributed by atoms with Crippen molar-refractivity contribution in [3.8, 4) is 39.8 Å². The van der Waals surface area contributed by atoms with Crippen molar-refractivity contribution in [3.05, 3.63) is 67.0 Å². The number of fused-ring (bicyclic) bond motifs is 2. The van der Waals surface area contributed by atoms with Gasteiger partial charge in [-0.05, 0) is 44.4 Å². The van der Waals surface area contributed by atoms with Gasteiger partial charge in [-0.2, -0.15) is 5.10 Å². The van der Waals surface area contributed by atoms with Gasteiger partial charge in [0.1, 0.15) is 29.4 Å². The van der Waals surface area contributed by atoms with Crippen LogP contribution in [-0.2, 0) is 0 Å². The maximum Gasteiger partial charge on any atom is 0.159 e. The zero-order valence-corrected chi connectivity index (χ0v) is 22.6. The second kappa shape index (κ2) is 10.3. The van der Waals surface area contributed by atoms with Gasteiger partial charge >= 0.3 is 0 Å². The van der Waals surface area contributed by atoms with E-state index in [1.54, 1.807) is 24.7 Å². The zero-order chi connectivity index (χ0) is 27.8. The van der Waals surface area contributed by atoms with E-state index in [1.165, 1.54) is 12.1 Å². The first-order chi connectivity index (χ1) is 19.4. The molecule has 0 aliphatic rings. The highest BCUT2D eigenvalue weighted by molar-refractivity contribution is 5.97. The summed E-state index contributed by atoms with van der Waals surface area (Å²) in [5, 5.41) is 8.44. The number of likely N-dealkylation sites (N-methyl/N-ethyl adjacent to an activating group) is 1. The number of rotatable bonds is 8. The predicted octanol–water partition coefficient (Wildman–Crippen LogP) is 4.77. The fourth-order valence-electron chi connectivity index (χ4n) is 4.46. The lowest BCUT2D eigenvalue weighted by Gasteiger charge is -2.12. The lowest BCUT2D eigenvalue weighted by Crippen LogP contribution is -2.19. The number of hydrogen-bond acceptors (Lipinski definition) is 8. The largest absolute Gasteiger partial charge is 0.492 e. The van der Waals surface area contributed by atoms with Crippen LogP contribution in [0.1, 0.15) is 0 Å². The van der Waals surface area contributed by atoms with Crippen LogP contribution in [0, 0.1) is 5.82 Å². The Morgan fingerprint density at radius 1 is 0.900 bits per heavy atom. The number of hydrogen-bond donors (Lipinski definition) is 2. The molecule has 0 saturated heterocycles. The van der Waals surface area contributed by atoms with Crippen LogP contribution in [-0.4, -0.2) is 81.4 Å². The molecular weight excluding hydrogens is 509 g/mol. The first kappa shape index (κ1) is 25.4. The third-order valence-corrected chi connectivity index (χ3v) is 6.56. The van der Waals surface area contributed by atoms with Gasteiger partial charge in [-0.25, -0.2) is 9.37 Å². The molecule has 40 heavy (non-hydrogen) atoms. The van der Waals surface area contributed by atoms with E-state index in [9.17, 15) is 4.39 Å². The summed E-state index contributed by atoms with van der Waals surface area (Å²) in [6, 6.07) is 10.4. The third-order valence-electron chi connectivity index (χ3n) is 6.56. The molecule has 5 aromatic heterocycles. The molecule has 1 aromatic carbocycles.